The lowest BCUT2D eigenvalue weighted by Gasteiger charge is -2.30. The number of nitriles is 1. The molecule has 1 fully saturated rings. The molecule has 2 amide bonds. The SMILES string of the molecule is CCc1ccc(NC(=O)C(=O)NC2CCN(CC#N)CC2)cc1. The number of anilines is 1. The number of hydrogen-bond acceptors (Lipinski definition) is 4. The summed E-state index contributed by atoms with van der Waals surface area (Å²) < 4.78 is 0. The van der Waals surface area contributed by atoms with Crippen molar-refractivity contribution in [2.75, 3.05) is 25.0 Å². The highest BCUT2D eigenvalue weighted by molar-refractivity contribution is 6.39. The fourth-order valence-electron chi connectivity index (χ4n) is 2.60. The van der Waals surface area contributed by atoms with Gasteiger partial charge in [0.1, 0.15) is 0 Å². The second kappa shape index (κ2) is 8.30. The van der Waals surface area contributed by atoms with Gasteiger partial charge in [0.2, 0.25) is 0 Å². The number of rotatable bonds is 4. The number of piperidine rings is 1. The van der Waals surface area contributed by atoms with E-state index < -0.39 is 11.8 Å². The maximum Gasteiger partial charge on any atom is 0.313 e. The number of carbonyl (C=O) groups is 2. The second-order valence-corrected chi connectivity index (χ2v) is 5.69. The van der Waals surface area contributed by atoms with Gasteiger partial charge in [0.05, 0.1) is 12.6 Å². The monoisotopic (exact) mass is 314 g/mol. The molecular formula is C17H22N4O2. The van der Waals surface area contributed by atoms with Crippen molar-refractivity contribution in [3.63, 3.8) is 0 Å². The lowest BCUT2D eigenvalue weighted by molar-refractivity contribution is -0.136. The summed E-state index contributed by atoms with van der Waals surface area (Å²) >= 11 is 0. The molecule has 0 unspecified atom stereocenters. The Hall–Kier alpha value is -2.39. The molecular weight excluding hydrogens is 292 g/mol. The van der Waals surface area contributed by atoms with Crippen molar-refractivity contribution in [3.05, 3.63) is 29.8 Å². The highest BCUT2D eigenvalue weighted by Gasteiger charge is 2.23. The smallest absolute Gasteiger partial charge is 0.313 e. The van der Waals surface area contributed by atoms with Gasteiger partial charge in [-0.2, -0.15) is 5.26 Å². The minimum Gasteiger partial charge on any atom is -0.345 e. The van der Waals surface area contributed by atoms with Crippen LogP contribution in [0.25, 0.3) is 0 Å². The van der Waals surface area contributed by atoms with Gasteiger partial charge in [-0.05, 0) is 37.0 Å². The Morgan fingerprint density at radius 3 is 2.43 bits per heavy atom. The molecule has 1 aromatic carbocycles. The molecule has 0 saturated carbocycles. The minimum absolute atomic E-state index is 0.00865. The summed E-state index contributed by atoms with van der Waals surface area (Å²) in [7, 11) is 0. The summed E-state index contributed by atoms with van der Waals surface area (Å²) in [4.78, 5) is 25.9. The number of nitrogens with zero attached hydrogens (tertiary/aromatic N) is 2. The Morgan fingerprint density at radius 2 is 1.87 bits per heavy atom. The van der Waals surface area contributed by atoms with Crippen molar-refractivity contribution >= 4 is 17.5 Å². The third kappa shape index (κ3) is 5.08. The summed E-state index contributed by atoms with van der Waals surface area (Å²) in [6.07, 6.45) is 2.44. The molecule has 23 heavy (non-hydrogen) atoms. The van der Waals surface area contributed by atoms with Crippen molar-refractivity contribution in [2.24, 2.45) is 0 Å². The fourth-order valence-corrected chi connectivity index (χ4v) is 2.60. The number of amides is 2. The second-order valence-electron chi connectivity index (χ2n) is 5.69. The predicted octanol–water partition coefficient (Wildman–Crippen LogP) is 1.29. The van der Waals surface area contributed by atoms with E-state index in [1.807, 2.05) is 17.0 Å². The maximum atomic E-state index is 12.0. The van der Waals surface area contributed by atoms with Gasteiger partial charge < -0.3 is 10.6 Å². The fraction of sp³-hybridized carbons (Fsp3) is 0.471. The van der Waals surface area contributed by atoms with Crippen LogP contribution < -0.4 is 10.6 Å². The van der Waals surface area contributed by atoms with E-state index in [1.54, 1.807) is 12.1 Å². The van der Waals surface area contributed by atoms with Crippen molar-refractivity contribution < 1.29 is 9.59 Å². The largest absolute Gasteiger partial charge is 0.345 e. The molecule has 122 valence electrons. The molecule has 6 heteroatoms. The van der Waals surface area contributed by atoms with Crippen molar-refractivity contribution in [1.82, 2.24) is 10.2 Å². The molecule has 1 aliphatic heterocycles. The predicted molar refractivity (Wildman–Crippen MR) is 87.7 cm³/mol. The van der Waals surface area contributed by atoms with Gasteiger partial charge in [0.25, 0.3) is 0 Å². The topological polar surface area (TPSA) is 85.2 Å². The Kier molecular flexibility index (Phi) is 6.12. The number of carbonyl (C=O) groups excluding carboxylic acids is 2. The zero-order valence-corrected chi connectivity index (χ0v) is 13.3. The lowest BCUT2D eigenvalue weighted by atomic mass is 10.1. The number of aryl methyl sites for hydroxylation is 1. The van der Waals surface area contributed by atoms with Crippen LogP contribution in [0.15, 0.2) is 24.3 Å². The van der Waals surface area contributed by atoms with Crippen molar-refractivity contribution in [2.45, 2.75) is 32.2 Å². The zero-order chi connectivity index (χ0) is 16.7. The third-order valence-corrected chi connectivity index (χ3v) is 4.04. The first-order chi connectivity index (χ1) is 11.1. The van der Waals surface area contributed by atoms with Gasteiger partial charge in [-0.15, -0.1) is 0 Å². The number of likely N-dealkylation sites (tertiary alicyclic amines) is 1. The zero-order valence-electron chi connectivity index (χ0n) is 13.3. The van der Waals surface area contributed by atoms with Crippen LogP contribution >= 0.6 is 0 Å². The summed E-state index contributed by atoms with van der Waals surface area (Å²) in [6.45, 7) is 4.00. The van der Waals surface area contributed by atoms with E-state index >= 15 is 0 Å². The van der Waals surface area contributed by atoms with Gasteiger partial charge >= 0.3 is 11.8 Å². The van der Waals surface area contributed by atoms with Gasteiger partial charge in [0, 0.05) is 24.8 Å². The minimum atomic E-state index is -0.645. The van der Waals surface area contributed by atoms with E-state index in [-0.39, 0.29) is 6.04 Å². The average Bonchev–Trinajstić information content (AvgIpc) is 2.57. The van der Waals surface area contributed by atoms with E-state index in [2.05, 4.69) is 23.6 Å². The van der Waals surface area contributed by atoms with Crippen LogP contribution in [0.2, 0.25) is 0 Å². The quantitative estimate of drug-likeness (QED) is 0.648. The molecule has 1 aromatic rings. The molecule has 0 aliphatic carbocycles. The van der Waals surface area contributed by atoms with Crippen LogP contribution in [0.1, 0.15) is 25.3 Å². The first-order valence-corrected chi connectivity index (χ1v) is 7.92. The van der Waals surface area contributed by atoms with Gasteiger partial charge in [-0.25, -0.2) is 0 Å². The number of hydrogen-bond donors (Lipinski definition) is 2. The van der Waals surface area contributed by atoms with E-state index in [0.29, 0.717) is 12.2 Å². The molecule has 1 saturated heterocycles. The third-order valence-electron chi connectivity index (χ3n) is 4.04. The molecule has 1 heterocycles. The Bertz CT molecular complexity index is 584. The Morgan fingerprint density at radius 1 is 1.22 bits per heavy atom. The molecule has 0 radical (unpaired) electrons. The van der Waals surface area contributed by atoms with Gasteiger partial charge in [-0.3, -0.25) is 14.5 Å². The van der Waals surface area contributed by atoms with Crippen LogP contribution in [-0.2, 0) is 16.0 Å². The highest BCUT2D eigenvalue weighted by atomic mass is 16.2. The Balaban J connectivity index is 1.79. The summed E-state index contributed by atoms with van der Waals surface area (Å²) in [5.41, 5.74) is 1.79. The highest BCUT2D eigenvalue weighted by Crippen LogP contribution is 2.11. The summed E-state index contributed by atoms with van der Waals surface area (Å²) in [6, 6.07) is 9.56. The Labute approximate surface area is 136 Å². The number of benzene rings is 1. The van der Waals surface area contributed by atoms with Crippen LogP contribution in [0.5, 0.6) is 0 Å². The van der Waals surface area contributed by atoms with E-state index in [0.717, 1.165) is 32.4 Å². The standard InChI is InChI=1S/C17H22N4O2/c1-2-13-3-5-14(6-4-13)19-16(22)17(23)20-15-7-10-21(11-8-15)12-9-18/h3-6,15H,2,7-8,10-12H2,1H3,(H,19,22)(H,20,23). The van der Waals surface area contributed by atoms with Gasteiger partial charge in [-0.1, -0.05) is 19.1 Å². The average molecular weight is 314 g/mol. The normalized spacial score (nSPS) is 15.7. The molecule has 2 rings (SSSR count). The van der Waals surface area contributed by atoms with E-state index in [1.165, 1.54) is 5.56 Å². The molecule has 0 atom stereocenters. The molecule has 0 spiro atoms. The number of nitrogens with one attached hydrogen (secondary N) is 2. The van der Waals surface area contributed by atoms with Gasteiger partial charge in [0.15, 0.2) is 0 Å². The first-order valence-electron chi connectivity index (χ1n) is 7.92. The van der Waals surface area contributed by atoms with Crippen LogP contribution in [-0.4, -0.2) is 42.4 Å². The molecule has 6 nitrogen and oxygen atoms in total. The summed E-state index contributed by atoms with van der Waals surface area (Å²) in [5, 5.41) is 14.0. The lowest BCUT2D eigenvalue weighted by Crippen LogP contribution is -2.47. The van der Waals surface area contributed by atoms with E-state index in [4.69, 9.17) is 5.26 Å². The molecule has 0 aromatic heterocycles. The molecule has 2 N–H and O–H groups in total. The van der Waals surface area contributed by atoms with Crippen molar-refractivity contribution in [1.29, 1.82) is 5.26 Å². The van der Waals surface area contributed by atoms with E-state index in [9.17, 15) is 9.59 Å². The molecule has 1 aliphatic rings. The maximum absolute atomic E-state index is 12.0. The first kappa shape index (κ1) is 17.0. The van der Waals surface area contributed by atoms with Crippen molar-refractivity contribution in [3.8, 4) is 6.07 Å². The molecule has 0 bridgehead atoms. The summed E-state index contributed by atoms with van der Waals surface area (Å²) in [5.74, 6) is -1.25. The van der Waals surface area contributed by atoms with Crippen LogP contribution in [0.4, 0.5) is 5.69 Å². The van der Waals surface area contributed by atoms with Crippen LogP contribution in [0, 0.1) is 11.3 Å². The van der Waals surface area contributed by atoms with Crippen LogP contribution in [0.3, 0.4) is 0 Å².